The van der Waals surface area contributed by atoms with Crippen molar-refractivity contribution in [3.63, 3.8) is 0 Å². The summed E-state index contributed by atoms with van der Waals surface area (Å²) >= 11 is 0. The third-order valence-corrected chi connectivity index (χ3v) is 1.87. The fourth-order valence-electron chi connectivity index (χ4n) is 0.569. The fourth-order valence-corrected chi connectivity index (χ4v) is 1.15. The monoisotopic (exact) mass is 159 g/mol. The van der Waals surface area contributed by atoms with E-state index in [1.807, 2.05) is 13.0 Å². The average Bonchev–Trinajstić information content (AvgIpc) is 1.88. The maximum atomic E-state index is 5.48. The lowest BCUT2D eigenvalue weighted by Crippen LogP contribution is -1.75. The predicted octanol–water partition coefficient (Wildman–Crippen LogP) is 2.64. The topological polar surface area (TPSA) is 12.9 Å². The van der Waals surface area contributed by atoms with Crippen LogP contribution in [-0.2, 0) is 0 Å². The molecule has 1 aromatic heterocycles. The van der Waals surface area contributed by atoms with Crippen LogP contribution in [0.4, 0.5) is 0 Å². The lowest BCUT2D eigenvalue weighted by molar-refractivity contribution is 1.19. The van der Waals surface area contributed by atoms with Crippen LogP contribution in [0, 0.1) is 6.92 Å². The Kier molecular flexibility index (Phi) is 2.37. The van der Waals surface area contributed by atoms with E-state index in [4.69, 9.17) is 10.7 Å². The number of pyridine rings is 1. The van der Waals surface area contributed by atoms with Crippen molar-refractivity contribution in [1.29, 1.82) is 0 Å². The molecule has 0 unspecified atom stereocenters. The smallest absolute Gasteiger partial charge is 0.0419 e. The standard InChI is InChI=1S/C6H6ClNS/c1-5-2-6(9-7)4-8-3-5/h2-4H,1H3. The predicted molar refractivity (Wildman–Crippen MR) is 40.7 cm³/mol. The van der Waals surface area contributed by atoms with E-state index in [-0.39, 0.29) is 0 Å². The van der Waals surface area contributed by atoms with Crippen LogP contribution in [0.3, 0.4) is 0 Å². The zero-order valence-electron chi connectivity index (χ0n) is 4.97. The van der Waals surface area contributed by atoms with Crippen LogP contribution in [0.25, 0.3) is 0 Å². The third-order valence-electron chi connectivity index (χ3n) is 0.939. The number of halogens is 1. The highest BCUT2D eigenvalue weighted by Crippen LogP contribution is 2.20. The van der Waals surface area contributed by atoms with Gasteiger partial charge in [0.05, 0.1) is 0 Å². The van der Waals surface area contributed by atoms with E-state index in [0.717, 1.165) is 10.5 Å². The van der Waals surface area contributed by atoms with Gasteiger partial charge in [-0.2, -0.15) is 0 Å². The number of aromatic nitrogens is 1. The average molecular weight is 160 g/mol. The molecule has 0 N–H and O–H groups in total. The van der Waals surface area contributed by atoms with Gasteiger partial charge in [-0.25, -0.2) is 0 Å². The van der Waals surface area contributed by atoms with E-state index in [0.29, 0.717) is 0 Å². The number of nitrogens with zero attached hydrogens (tertiary/aromatic N) is 1. The van der Waals surface area contributed by atoms with Crippen LogP contribution < -0.4 is 0 Å². The first-order valence-corrected chi connectivity index (χ1v) is 4.17. The minimum Gasteiger partial charge on any atom is -0.263 e. The Morgan fingerprint density at radius 1 is 1.56 bits per heavy atom. The molecule has 0 atom stereocenters. The van der Waals surface area contributed by atoms with Gasteiger partial charge < -0.3 is 0 Å². The molecular formula is C6H6ClNS. The van der Waals surface area contributed by atoms with Gasteiger partial charge in [-0.1, -0.05) is 0 Å². The molecule has 1 nitrogen and oxygen atoms in total. The van der Waals surface area contributed by atoms with Gasteiger partial charge in [0.1, 0.15) is 0 Å². The minimum atomic E-state index is 0.997. The van der Waals surface area contributed by atoms with Gasteiger partial charge in [-0.15, -0.1) is 0 Å². The van der Waals surface area contributed by atoms with Gasteiger partial charge in [0.25, 0.3) is 0 Å². The second-order valence-corrected chi connectivity index (χ2v) is 2.86. The van der Waals surface area contributed by atoms with Crippen molar-refractivity contribution in [2.45, 2.75) is 11.8 Å². The molecule has 48 valence electrons. The zero-order chi connectivity index (χ0) is 6.69. The molecule has 1 aromatic rings. The van der Waals surface area contributed by atoms with Gasteiger partial charge in [0, 0.05) is 17.3 Å². The Morgan fingerprint density at radius 3 is 2.78 bits per heavy atom. The van der Waals surface area contributed by atoms with Crippen LogP contribution in [-0.4, -0.2) is 4.98 Å². The molecule has 0 saturated carbocycles. The van der Waals surface area contributed by atoms with Gasteiger partial charge in [-0.3, -0.25) is 4.98 Å². The lowest BCUT2D eigenvalue weighted by atomic mass is 10.3. The van der Waals surface area contributed by atoms with Gasteiger partial charge in [0.2, 0.25) is 0 Å². The van der Waals surface area contributed by atoms with Crippen LogP contribution in [0.2, 0.25) is 0 Å². The van der Waals surface area contributed by atoms with Crippen molar-refractivity contribution < 1.29 is 0 Å². The second kappa shape index (κ2) is 3.08. The number of hydrogen-bond acceptors (Lipinski definition) is 2. The first-order chi connectivity index (χ1) is 4.33. The molecule has 0 aliphatic rings. The molecule has 0 spiro atoms. The van der Waals surface area contributed by atoms with Crippen LogP contribution in [0.15, 0.2) is 23.4 Å². The SMILES string of the molecule is Cc1cncc(SCl)c1. The highest BCUT2D eigenvalue weighted by Gasteiger charge is 1.89. The molecule has 0 aliphatic carbocycles. The zero-order valence-corrected chi connectivity index (χ0v) is 6.54. The van der Waals surface area contributed by atoms with E-state index in [1.165, 1.54) is 11.0 Å². The number of hydrogen-bond donors (Lipinski definition) is 0. The summed E-state index contributed by atoms with van der Waals surface area (Å²) in [5.74, 6) is 0. The van der Waals surface area contributed by atoms with Crippen LogP contribution in [0.1, 0.15) is 5.56 Å². The molecule has 1 heterocycles. The maximum absolute atomic E-state index is 5.48. The Morgan fingerprint density at radius 2 is 2.33 bits per heavy atom. The van der Waals surface area contributed by atoms with Gasteiger partial charge in [-0.05, 0) is 40.2 Å². The van der Waals surface area contributed by atoms with Crippen LogP contribution in [0.5, 0.6) is 0 Å². The van der Waals surface area contributed by atoms with Crippen LogP contribution >= 0.6 is 21.7 Å². The number of rotatable bonds is 1. The summed E-state index contributed by atoms with van der Waals surface area (Å²) in [6, 6.07) is 1.99. The first-order valence-electron chi connectivity index (χ1n) is 2.53. The maximum Gasteiger partial charge on any atom is 0.0419 e. The molecule has 0 saturated heterocycles. The number of aryl methyl sites for hydroxylation is 1. The Hall–Kier alpha value is -0.210. The Balaban J connectivity index is 2.94. The first kappa shape index (κ1) is 6.90. The molecule has 0 aliphatic heterocycles. The van der Waals surface area contributed by atoms with E-state index in [1.54, 1.807) is 12.4 Å². The highest BCUT2D eigenvalue weighted by molar-refractivity contribution is 8.21. The molecule has 1 rings (SSSR count). The summed E-state index contributed by atoms with van der Waals surface area (Å²) in [6.45, 7) is 1.99. The largest absolute Gasteiger partial charge is 0.263 e. The van der Waals surface area contributed by atoms with Gasteiger partial charge in [0.15, 0.2) is 0 Å². The summed E-state index contributed by atoms with van der Waals surface area (Å²) < 4.78 is 0. The second-order valence-electron chi connectivity index (χ2n) is 1.78. The van der Waals surface area contributed by atoms with E-state index in [9.17, 15) is 0 Å². The fraction of sp³-hybridized carbons (Fsp3) is 0.167. The van der Waals surface area contributed by atoms with E-state index >= 15 is 0 Å². The summed E-state index contributed by atoms with van der Waals surface area (Å²) in [5, 5.41) is 0. The minimum absolute atomic E-state index is 0.997. The molecule has 9 heavy (non-hydrogen) atoms. The molecule has 0 fully saturated rings. The summed E-state index contributed by atoms with van der Waals surface area (Å²) in [7, 11) is 6.67. The molecule has 0 bridgehead atoms. The highest BCUT2D eigenvalue weighted by atomic mass is 35.7. The lowest BCUT2D eigenvalue weighted by Gasteiger charge is -1.92. The molecular weight excluding hydrogens is 154 g/mol. The molecule has 0 radical (unpaired) electrons. The molecule has 0 amide bonds. The van der Waals surface area contributed by atoms with E-state index < -0.39 is 0 Å². The summed E-state index contributed by atoms with van der Waals surface area (Å²) in [6.07, 6.45) is 3.54. The third kappa shape index (κ3) is 1.88. The Bertz CT molecular complexity index is 202. The van der Waals surface area contributed by atoms with E-state index in [2.05, 4.69) is 4.98 Å². The van der Waals surface area contributed by atoms with Crippen molar-refractivity contribution in [3.05, 3.63) is 24.0 Å². The van der Waals surface area contributed by atoms with Crippen molar-refractivity contribution in [2.24, 2.45) is 0 Å². The molecule has 3 heteroatoms. The quantitative estimate of drug-likeness (QED) is 0.625. The van der Waals surface area contributed by atoms with Crippen molar-refractivity contribution in [2.75, 3.05) is 0 Å². The molecule has 0 aromatic carbocycles. The summed E-state index contributed by atoms with van der Waals surface area (Å²) in [4.78, 5) is 4.95. The van der Waals surface area contributed by atoms with Crippen molar-refractivity contribution in [3.8, 4) is 0 Å². The van der Waals surface area contributed by atoms with Crippen molar-refractivity contribution >= 4 is 21.7 Å². The Labute approximate surface area is 62.9 Å². The normalized spacial score (nSPS) is 9.56. The van der Waals surface area contributed by atoms with Crippen molar-refractivity contribution in [1.82, 2.24) is 4.98 Å². The van der Waals surface area contributed by atoms with Gasteiger partial charge >= 0.3 is 0 Å². The summed E-state index contributed by atoms with van der Waals surface area (Å²) in [5.41, 5.74) is 1.14.